The third-order valence-electron chi connectivity index (χ3n) is 2.11. The fraction of sp³-hybridized carbons (Fsp3) is 0.889. The number of hydrogen-bond acceptors (Lipinski definition) is 6. The predicted octanol–water partition coefficient (Wildman–Crippen LogP) is -1.05. The van der Waals surface area contributed by atoms with Crippen LogP contribution in [-0.4, -0.2) is 53.6 Å². The molecule has 4 atom stereocenters. The molecule has 4 N–H and O–H groups in total. The summed E-state index contributed by atoms with van der Waals surface area (Å²) in [5.41, 5.74) is 4.77. The molecule has 0 aliphatic carbocycles. The van der Waals surface area contributed by atoms with E-state index in [1.165, 1.54) is 0 Å². The largest absolute Gasteiger partial charge is 0.447 e. The molecular weight excluding hydrogens is 218 g/mol. The Hall–Kier alpha value is -0.890. The van der Waals surface area contributed by atoms with Crippen molar-refractivity contribution in [2.24, 2.45) is 5.73 Å². The number of primary amides is 1. The van der Waals surface area contributed by atoms with Gasteiger partial charge in [0.2, 0.25) is 0 Å². The Balaban J connectivity index is 2.47. The van der Waals surface area contributed by atoms with E-state index >= 15 is 0 Å². The van der Waals surface area contributed by atoms with Gasteiger partial charge in [-0.2, -0.15) is 0 Å². The minimum atomic E-state index is -1.16. The summed E-state index contributed by atoms with van der Waals surface area (Å²) in [6.45, 7) is 3.33. The molecule has 0 unspecified atom stereocenters. The van der Waals surface area contributed by atoms with Gasteiger partial charge in [0.25, 0.3) is 0 Å². The van der Waals surface area contributed by atoms with Gasteiger partial charge >= 0.3 is 6.09 Å². The monoisotopic (exact) mass is 235 g/mol. The zero-order valence-electron chi connectivity index (χ0n) is 9.20. The lowest BCUT2D eigenvalue weighted by molar-refractivity contribution is -0.186. The second kappa shape index (κ2) is 5.44. The van der Waals surface area contributed by atoms with E-state index in [4.69, 9.17) is 15.2 Å². The maximum absolute atomic E-state index is 10.4. The lowest BCUT2D eigenvalue weighted by atomic mass is 10.1. The molecule has 16 heavy (non-hydrogen) atoms. The van der Waals surface area contributed by atoms with E-state index in [1.807, 2.05) is 0 Å². The van der Waals surface area contributed by atoms with Gasteiger partial charge in [0.15, 0.2) is 6.29 Å². The first kappa shape index (κ1) is 13.2. The Morgan fingerprint density at radius 1 is 1.44 bits per heavy atom. The SMILES string of the molecule is CC(C)O[C@@H]1O[C@H](COC(N)=O)[C@@H](O)[C@H]1O. The van der Waals surface area contributed by atoms with Crippen LogP contribution in [0.25, 0.3) is 0 Å². The Morgan fingerprint density at radius 2 is 2.06 bits per heavy atom. The smallest absolute Gasteiger partial charge is 0.404 e. The Labute approximate surface area is 93.1 Å². The molecule has 94 valence electrons. The van der Waals surface area contributed by atoms with Gasteiger partial charge in [-0.05, 0) is 13.8 Å². The van der Waals surface area contributed by atoms with Crippen LogP contribution in [0.5, 0.6) is 0 Å². The van der Waals surface area contributed by atoms with E-state index < -0.39 is 30.7 Å². The molecule has 0 saturated carbocycles. The highest BCUT2D eigenvalue weighted by atomic mass is 16.7. The van der Waals surface area contributed by atoms with Gasteiger partial charge in [-0.1, -0.05) is 0 Å². The molecule has 1 heterocycles. The van der Waals surface area contributed by atoms with E-state index in [0.717, 1.165) is 0 Å². The summed E-state index contributed by atoms with van der Waals surface area (Å²) in [5.74, 6) is 0. The molecule has 7 nitrogen and oxygen atoms in total. The number of hydrogen-bond donors (Lipinski definition) is 3. The number of carbonyl (C=O) groups is 1. The Morgan fingerprint density at radius 3 is 2.56 bits per heavy atom. The first-order chi connectivity index (χ1) is 7.41. The molecule has 0 spiro atoms. The van der Waals surface area contributed by atoms with E-state index in [-0.39, 0.29) is 12.7 Å². The van der Waals surface area contributed by atoms with Crippen molar-refractivity contribution in [3.05, 3.63) is 0 Å². The summed E-state index contributed by atoms with van der Waals surface area (Å²) in [7, 11) is 0. The van der Waals surface area contributed by atoms with Crippen LogP contribution in [-0.2, 0) is 14.2 Å². The number of rotatable bonds is 4. The van der Waals surface area contributed by atoms with Crippen LogP contribution in [0.15, 0.2) is 0 Å². The Kier molecular flexibility index (Phi) is 4.48. The van der Waals surface area contributed by atoms with Crippen LogP contribution in [0.2, 0.25) is 0 Å². The standard InChI is InChI=1S/C9H17NO6/c1-4(2)15-8-7(12)6(11)5(16-8)3-14-9(10)13/h4-8,11-12H,3H2,1-2H3,(H2,10,13)/t5-,6-,7-,8-/m1/s1. The van der Waals surface area contributed by atoms with Crippen LogP contribution < -0.4 is 5.73 Å². The summed E-state index contributed by atoms with van der Waals surface area (Å²) in [6, 6.07) is 0. The van der Waals surface area contributed by atoms with Crippen molar-refractivity contribution in [1.82, 2.24) is 0 Å². The third-order valence-corrected chi connectivity index (χ3v) is 2.11. The van der Waals surface area contributed by atoms with Gasteiger partial charge in [0.05, 0.1) is 6.10 Å². The second-order valence-corrected chi connectivity index (χ2v) is 3.84. The van der Waals surface area contributed by atoms with Crippen LogP contribution >= 0.6 is 0 Å². The highest BCUT2D eigenvalue weighted by Crippen LogP contribution is 2.23. The van der Waals surface area contributed by atoms with Crippen molar-refractivity contribution < 1.29 is 29.2 Å². The molecule has 1 fully saturated rings. The highest BCUT2D eigenvalue weighted by Gasteiger charge is 2.44. The van der Waals surface area contributed by atoms with Gasteiger partial charge in [-0.25, -0.2) is 4.79 Å². The van der Waals surface area contributed by atoms with Crippen molar-refractivity contribution in [2.45, 2.75) is 44.6 Å². The summed E-state index contributed by atoms with van der Waals surface area (Å²) < 4.78 is 14.9. The molecule has 0 aromatic rings. The van der Waals surface area contributed by atoms with Crippen molar-refractivity contribution in [1.29, 1.82) is 0 Å². The number of aliphatic hydroxyl groups is 2. The molecule has 1 aliphatic rings. The first-order valence-corrected chi connectivity index (χ1v) is 5.01. The molecular formula is C9H17NO6. The Bertz CT molecular complexity index is 246. The summed E-state index contributed by atoms with van der Waals surface area (Å²) in [4.78, 5) is 10.4. The van der Waals surface area contributed by atoms with E-state index in [1.54, 1.807) is 13.8 Å². The van der Waals surface area contributed by atoms with Gasteiger partial charge in [0, 0.05) is 0 Å². The fourth-order valence-electron chi connectivity index (χ4n) is 1.40. The number of nitrogens with two attached hydrogens (primary N) is 1. The third kappa shape index (κ3) is 3.31. The fourth-order valence-corrected chi connectivity index (χ4v) is 1.40. The van der Waals surface area contributed by atoms with E-state index in [9.17, 15) is 15.0 Å². The summed E-state index contributed by atoms with van der Waals surface area (Å²) in [5, 5.41) is 19.1. The second-order valence-electron chi connectivity index (χ2n) is 3.84. The quantitative estimate of drug-likeness (QED) is 0.573. The maximum Gasteiger partial charge on any atom is 0.404 e. The average molecular weight is 235 g/mol. The average Bonchev–Trinajstić information content (AvgIpc) is 2.42. The molecule has 1 rings (SSSR count). The molecule has 1 amide bonds. The van der Waals surface area contributed by atoms with Gasteiger partial charge < -0.3 is 30.2 Å². The van der Waals surface area contributed by atoms with Crippen molar-refractivity contribution in [3.63, 3.8) is 0 Å². The maximum atomic E-state index is 10.4. The van der Waals surface area contributed by atoms with Gasteiger partial charge in [0.1, 0.15) is 24.9 Å². The molecule has 0 aromatic carbocycles. The van der Waals surface area contributed by atoms with Crippen LogP contribution in [0.3, 0.4) is 0 Å². The zero-order valence-corrected chi connectivity index (χ0v) is 9.20. The van der Waals surface area contributed by atoms with Crippen molar-refractivity contribution in [3.8, 4) is 0 Å². The first-order valence-electron chi connectivity index (χ1n) is 5.01. The number of carbonyl (C=O) groups excluding carboxylic acids is 1. The molecule has 7 heteroatoms. The van der Waals surface area contributed by atoms with E-state index in [2.05, 4.69) is 4.74 Å². The lowest BCUT2D eigenvalue weighted by Gasteiger charge is -2.17. The lowest BCUT2D eigenvalue weighted by Crippen LogP contribution is -2.36. The topological polar surface area (TPSA) is 111 Å². The van der Waals surface area contributed by atoms with Crippen LogP contribution in [0, 0.1) is 0 Å². The summed E-state index contributed by atoms with van der Waals surface area (Å²) in [6.07, 6.45) is -5.18. The number of amides is 1. The van der Waals surface area contributed by atoms with Gasteiger partial charge in [-0.3, -0.25) is 0 Å². The molecule has 1 saturated heterocycles. The van der Waals surface area contributed by atoms with E-state index in [0.29, 0.717) is 0 Å². The van der Waals surface area contributed by atoms with Gasteiger partial charge in [-0.15, -0.1) is 0 Å². The van der Waals surface area contributed by atoms with Crippen LogP contribution in [0.4, 0.5) is 4.79 Å². The van der Waals surface area contributed by atoms with Crippen molar-refractivity contribution in [2.75, 3.05) is 6.61 Å². The summed E-state index contributed by atoms with van der Waals surface area (Å²) >= 11 is 0. The van der Waals surface area contributed by atoms with Crippen LogP contribution in [0.1, 0.15) is 13.8 Å². The molecule has 0 radical (unpaired) electrons. The zero-order chi connectivity index (χ0) is 12.3. The number of ether oxygens (including phenoxy) is 3. The minimum Gasteiger partial charge on any atom is -0.447 e. The molecule has 1 aliphatic heterocycles. The normalized spacial score (nSPS) is 34.3. The molecule has 0 aromatic heterocycles. The minimum absolute atomic E-state index is 0.150. The van der Waals surface area contributed by atoms with Crippen molar-refractivity contribution >= 4 is 6.09 Å². The molecule has 0 bridgehead atoms. The number of aliphatic hydroxyl groups excluding tert-OH is 2. The highest BCUT2D eigenvalue weighted by molar-refractivity contribution is 5.64. The predicted molar refractivity (Wildman–Crippen MR) is 52.4 cm³/mol.